The Balaban J connectivity index is 5.74. The topological polar surface area (TPSA) is 44.9 Å². The van der Waals surface area contributed by atoms with Gasteiger partial charge in [-0.2, -0.15) is 44.6 Å². The zero-order chi connectivity index (χ0) is 18.9. The molecule has 0 aromatic carbocycles. The second kappa shape index (κ2) is 6.61. The second-order valence-corrected chi connectivity index (χ2v) is 4.90. The molecule has 0 bridgehead atoms. The Morgan fingerprint density at radius 1 is 0.826 bits per heavy atom. The number of hydrogen-bond acceptors (Lipinski definition) is 3. The third kappa shape index (κ3) is 3.93. The normalized spacial score (nSPS) is 15.3. The maximum absolute atomic E-state index is 13.7. The molecule has 0 heterocycles. The Morgan fingerprint density at radius 2 is 1.26 bits per heavy atom. The van der Waals surface area contributed by atoms with Crippen molar-refractivity contribution in [2.45, 2.75) is 23.9 Å². The summed E-state index contributed by atoms with van der Waals surface area (Å²) in [5, 5.41) is 2.29. The van der Waals surface area contributed by atoms with Gasteiger partial charge in [0.1, 0.15) is 0 Å². The van der Waals surface area contributed by atoms with Crippen LogP contribution >= 0.6 is 0 Å². The number of rotatable bonds is 6. The number of halogens is 9. The van der Waals surface area contributed by atoms with Gasteiger partial charge in [0.2, 0.25) is 5.84 Å². The monoisotopic (exact) mass is 362 g/mol. The van der Waals surface area contributed by atoms with Gasteiger partial charge in [0, 0.05) is 20.1 Å². The van der Waals surface area contributed by atoms with Gasteiger partial charge in [0.25, 0.3) is 0 Å². The van der Waals surface area contributed by atoms with Crippen LogP contribution in [0.15, 0.2) is 5.10 Å². The van der Waals surface area contributed by atoms with Crippen LogP contribution in [-0.2, 0) is 0 Å². The van der Waals surface area contributed by atoms with Gasteiger partial charge < -0.3 is 15.6 Å². The van der Waals surface area contributed by atoms with Gasteiger partial charge in [-0.05, 0) is 14.1 Å². The fourth-order valence-corrected chi connectivity index (χ4v) is 1.39. The molecule has 138 valence electrons. The lowest BCUT2D eigenvalue weighted by atomic mass is 10.0. The van der Waals surface area contributed by atoms with Gasteiger partial charge >= 0.3 is 23.9 Å². The van der Waals surface area contributed by atoms with E-state index in [9.17, 15) is 39.5 Å². The first-order chi connectivity index (χ1) is 10.0. The summed E-state index contributed by atoms with van der Waals surface area (Å²) in [5.74, 6) is -17.3. The molecule has 0 aromatic rings. The van der Waals surface area contributed by atoms with E-state index in [2.05, 4.69) is 10.9 Å². The van der Waals surface area contributed by atoms with E-state index in [1.165, 1.54) is 19.0 Å². The van der Waals surface area contributed by atoms with E-state index in [1.807, 2.05) is 0 Å². The third-order valence-electron chi connectivity index (χ3n) is 2.79. The zero-order valence-electron chi connectivity index (χ0n) is 12.2. The number of nitrogens with zero attached hydrogens (tertiary/aromatic N) is 3. The minimum Gasteiger partial charge on any atom is -0.355 e. The quantitative estimate of drug-likeness (QED) is 0.259. The summed E-state index contributed by atoms with van der Waals surface area (Å²) in [7, 11) is 3.72. The van der Waals surface area contributed by atoms with E-state index in [0.717, 1.165) is 7.05 Å². The molecule has 0 aliphatic rings. The van der Waals surface area contributed by atoms with Gasteiger partial charge in [-0.3, -0.25) is 0 Å². The first-order valence-corrected chi connectivity index (χ1v) is 5.88. The molecule has 23 heavy (non-hydrogen) atoms. The molecular weight excluding hydrogens is 347 g/mol. The molecule has 4 nitrogen and oxygen atoms in total. The highest BCUT2D eigenvalue weighted by molar-refractivity contribution is 5.90. The standard InChI is InChI=1S/C10H15F9N4/c1-22(2)4-5-23(3)6(21-20)7(11,12)8(13,14)9(15,16)10(17,18)19/h4-5,20H2,1-3H3/b21-6-. The van der Waals surface area contributed by atoms with Crippen molar-refractivity contribution in [3.05, 3.63) is 0 Å². The molecule has 13 heteroatoms. The van der Waals surface area contributed by atoms with Crippen LogP contribution < -0.4 is 5.84 Å². The van der Waals surface area contributed by atoms with Crippen molar-refractivity contribution in [1.82, 2.24) is 9.80 Å². The van der Waals surface area contributed by atoms with E-state index in [4.69, 9.17) is 0 Å². The minimum absolute atomic E-state index is 0.00711. The summed E-state index contributed by atoms with van der Waals surface area (Å²) in [6.45, 7) is -0.431. The van der Waals surface area contributed by atoms with Crippen molar-refractivity contribution in [3.63, 3.8) is 0 Å². The second-order valence-electron chi connectivity index (χ2n) is 4.90. The van der Waals surface area contributed by atoms with Gasteiger partial charge in [0.05, 0.1) is 0 Å². The molecule has 0 aromatic heterocycles. The van der Waals surface area contributed by atoms with E-state index < -0.39 is 36.3 Å². The van der Waals surface area contributed by atoms with Crippen molar-refractivity contribution < 1.29 is 39.5 Å². The van der Waals surface area contributed by atoms with Crippen LogP contribution in [0, 0.1) is 0 Å². The summed E-state index contributed by atoms with van der Waals surface area (Å²) in [6.07, 6.45) is -6.89. The Labute approximate surface area is 125 Å². The van der Waals surface area contributed by atoms with Crippen LogP contribution in [0.2, 0.25) is 0 Å². The number of nitrogens with two attached hydrogens (primary N) is 1. The summed E-state index contributed by atoms with van der Waals surface area (Å²) < 4.78 is 116. The average Bonchev–Trinajstić information content (AvgIpc) is 2.34. The molecule has 0 atom stereocenters. The summed E-state index contributed by atoms with van der Waals surface area (Å²) >= 11 is 0. The van der Waals surface area contributed by atoms with Crippen LogP contribution in [0.3, 0.4) is 0 Å². The Bertz CT molecular complexity index is 431. The average molecular weight is 362 g/mol. The zero-order valence-corrected chi connectivity index (χ0v) is 12.2. The Morgan fingerprint density at radius 3 is 1.57 bits per heavy atom. The van der Waals surface area contributed by atoms with E-state index in [1.54, 1.807) is 0 Å². The predicted octanol–water partition coefficient (Wildman–Crippen LogP) is 2.22. The number of hydrogen-bond donors (Lipinski definition) is 1. The molecular formula is C10H15F9N4. The van der Waals surface area contributed by atoms with E-state index in [-0.39, 0.29) is 11.4 Å². The van der Waals surface area contributed by atoms with Crippen molar-refractivity contribution in [2.75, 3.05) is 34.2 Å². The van der Waals surface area contributed by atoms with Gasteiger partial charge in [0.15, 0.2) is 0 Å². The number of alkyl halides is 9. The number of hydrazone groups is 1. The van der Waals surface area contributed by atoms with E-state index in [0.29, 0.717) is 0 Å². The summed E-state index contributed by atoms with van der Waals surface area (Å²) in [6, 6.07) is 0. The highest BCUT2D eigenvalue weighted by atomic mass is 19.4. The van der Waals surface area contributed by atoms with Crippen molar-refractivity contribution in [3.8, 4) is 0 Å². The Kier molecular flexibility index (Phi) is 6.21. The number of likely N-dealkylation sites (N-methyl/N-ethyl adjacent to an activating group) is 2. The van der Waals surface area contributed by atoms with Crippen molar-refractivity contribution in [1.29, 1.82) is 0 Å². The summed E-state index contributed by atoms with van der Waals surface area (Å²) in [4.78, 5) is 1.70. The molecule has 0 aliphatic carbocycles. The van der Waals surface area contributed by atoms with Crippen molar-refractivity contribution in [2.24, 2.45) is 10.9 Å². The van der Waals surface area contributed by atoms with Crippen LogP contribution in [0.5, 0.6) is 0 Å². The third-order valence-corrected chi connectivity index (χ3v) is 2.79. The molecule has 0 radical (unpaired) electrons. The molecule has 0 fully saturated rings. The maximum Gasteiger partial charge on any atom is 0.460 e. The SMILES string of the molecule is CN(C)CCN(C)/C(=N\N)C(F)(F)C(F)(F)C(F)(F)C(F)(F)F. The fraction of sp³-hybridized carbons (Fsp3) is 0.900. The smallest absolute Gasteiger partial charge is 0.355 e. The Hall–Kier alpha value is -1.40. The molecule has 0 amide bonds. The largest absolute Gasteiger partial charge is 0.460 e. The molecule has 0 aliphatic heterocycles. The van der Waals surface area contributed by atoms with E-state index >= 15 is 0 Å². The van der Waals surface area contributed by atoms with Crippen LogP contribution in [0.1, 0.15) is 0 Å². The maximum atomic E-state index is 13.7. The first kappa shape index (κ1) is 21.6. The van der Waals surface area contributed by atoms with Crippen LogP contribution in [-0.4, -0.2) is 73.8 Å². The van der Waals surface area contributed by atoms with Crippen LogP contribution in [0.4, 0.5) is 39.5 Å². The highest BCUT2D eigenvalue weighted by Crippen LogP contribution is 2.53. The highest BCUT2D eigenvalue weighted by Gasteiger charge is 2.83. The van der Waals surface area contributed by atoms with Gasteiger partial charge in [-0.25, -0.2) is 0 Å². The molecule has 0 saturated carbocycles. The molecule has 2 N–H and O–H groups in total. The summed E-state index contributed by atoms with van der Waals surface area (Å²) in [5.41, 5.74) is 0. The molecule has 0 spiro atoms. The lowest BCUT2D eigenvalue weighted by Gasteiger charge is -2.36. The van der Waals surface area contributed by atoms with Crippen molar-refractivity contribution >= 4 is 5.84 Å². The molecule has 0 saturated heterocycles. The predicted molar refractivity (Wildman–Crippen MR) is 63.7 cm³/mol. The fourth-order valence-electron chi connectivity index (χ4n) is 1.39. The lowest BCUT2D eigenvalue weighted by Crippen LogP contribution is -2.65. The first-order valence-electron chi connectivity index (χ1n) is 5.88. The molecule has 0 unspecified atom stereocenters. The van der Waals surface area contributed by atoms with Gasteiger partial charge in [-0.1, -0.05) is 0 Å². The minimum atomic E-state index is -6.98. The number of amidine groups is 1. The lowest BCUT2D eigenvalue weighted by molar-refractivity contribution is -0.385. The molecule has 0 rings (SSSR count). The van der Waals surface area contributed by atoms with Crippen LogP contribution in [0.25, 0.3) is 0 Å². The van der Waals surface area contributed by atoms with Gasteiger partial charge in [-0.15, -0.1) is 0 Å².